The fourth-order valence-electron chi connectivity index (χ4n) is 2.63. The van der Waals surface area contributed by atoms with Gasteiger partial charge in [-0.05, 0) is 38.1 Å². The summed E-state index contributed by atoms with van der Waals surface area (Å²) in [5.74, 6) is 0.744. The number of rotatable bonds is 2. The molecule has 0 saturated heterocycles. The van der Waals surface area contributed by atoms with E-state index in [0.717, 1.165) is 16.9 Å². The lowest BCUT2D eigenvalue weighted by Gasteiger charge is -2.04. The number of methoxy groups -OCH3 is 1. The van der Waals surface area contributed by atoms with Crippen LogP contribution < -0.4 is 11.1 Å². The molecule has 6 heteroatoms. The standard InChI is InChI=1S/C17H18N4O2/c1-9-4-10(2)6-11(5-9)16-20-14-8-12(19-17(22)23-3)7-13(18)15(14)21-16/h4-8H,18H2,1-3H3,(H,19,22)(H,20,21). The molecule has 3 aromatic rings. The summed E-state index contributed by atoms with van der Waals surface area (Å²) in [7, 11) is 1.31. The second-order valence-corrected chi connectivity index (χ2v) is 5.54. The molecule has 0 aliphatic rings. The van der Waals surface area contributed by atoms with Crippen molar-refractivity contribution in [1.29, 1.82) is 0 Å². The number of nitrogens with one attached hydrogen (secondary N) is 2. The van der Waals surface area contributed by atoms with Crippen LogP contribution in [0.4, 0.5) is 16.2 Å². The number of amides is 1. The van der Waals surface area contributed by atoms with Crippen molar-refractivity contribution in [1.82, 2.24) is 9.97 Å². The lowest BCUT2D eigenvalue weighted by molar-refractivity contribution is 0.187. The summed E-state index contributed by atoms with van der Waals surface area (Å²) in [5, 5.41) is 2.60. The molecule has 3 rings (SSSR count). The van der Waals surface area contributed by atoms with E-state index in [4.69, 9.17) is 5.73 Å². The maximum absolute atomic E-state index is 11.3. The molecule has 0 unspecified atom stereocenters. The summed E-state index contributed by atoms with van der Waals surface area (Å²) in [6.45, 7) is 4.10. The largest absolute Gasteiger partial charge is 0.453 e. The van der Waals surface area contributed by atoms with E-state index >= 15 is 0 Å². The first-order valence-corrected chi connectivity index (χ1v) is 7.19. The Hall–Kier alpha value is -3.02. The van der Waals surface area contributed by atoms with Gasteiger partial charge in [-0.15, -0.1) is 0 Å². The van der Waals surface area contributed by atoms with Crippen molar-refractivity contribution in [2.45, 2.75) is 13.8 Å². The number of fused-ring (bicyclic) bond motifs is 1. The topological polar surface area (TPSA) is 93.0 Å². The van der Waals surface area contributed by atoms with Crippen LogP contribution in [-0.4, -0.2) is 23.2 Å². The summed E-state index contributed by atoms with van der Waals surface area (Å²) < 4.78 is 4.59. The van der Waals surface area contributed by atoms with E-state index in [1.807, 2.05) is 13.8 Å². The first-order valence-electron chi connectivity index (χ1n) is 7.19. The molecule has 0 aliphatic carbocycles. The lowest BCUT2D eigenvalue weighted by atomic mass is 10.1. The molecular formula is C17H18N4O2. The Morgan fingerprint density at radius 3 is 2.52 bits per heavy atom. The second-order valence-electron chi connectivity index (χ2n) is 5.54. The van der Waals surface area contributed by atoms with Crippen LogP contribution in [0.2, 0.25) is 0 Å². The maximum atomic E-state index is 11.3. The highest BCUT2D eigenvalue weighted by Gasteiger charge is 2.11. The SMILES string of the molecule is COC(=O)Nc1cc(N)c2nc(-c3cc(C)cc(C)c3)[nH]c2c1. The van der Waals surface area contributed by atoms with Gasteiger partial charge in [0.2, 0.25) is 0 Å². The zero-order chi connectivity index (χ0) is 16.6. The van der Waals surface area contributed by atoms with Gasteiger partial charge in [0.15, 0.2) is 0 Å². The molecule has 0 bridgehead atoms. The van der Waals surface area contributed by atoms with Crippen molar-refractivity contribution in [3.63, 3.8) is 0 Å². The maximum Gasteiger partial charge on any atom is 0.411 e. The third kappa shape index (κ3) is 2.96. The second kappa shape index (κ2) is 5.64. The molecular weight excluding hydrogens is 292 g/mol. The number of hydrogen-bond donors (Lipinski definition) is 3. The molecule has 0 aliphatic heterocycles. The number of aromatic amines is 1. The van der Waals surface area contributed by atoms with Gasteiger partial charge in [0.1, 0.15) is 11.3 Å². The van der Waals surface area contributed by atoms with E-state index in [1.54, 1.807) is 12.1 Å². The number of aryl methyl sites for hydroxylation is 2. The van der Waals surface area contributed by atoms with Gasteiger partial charge in [0.05, 0.1) is 18.3 Å². The Morgan fingerprint density at radius 2 is 1.87 bits per heavy atom. The monoisotopic (exact) mass is 310 g/mol. The van der Waals surface area contributed by atoms with Crippen molar-refractivity contribution in [3.8, 4) is 11.4 Å². The summed E-state index contributed by atoms with van der Waals surface area (Å²) >= 11 is 0. The summed E-state index contributed by atoms with van der Waals surface area (Å²) in [5.41, 5.74) is 11.9. The zero-order valence-corrected chi connectivity index (χ0v) is 13.2. The minimum absolute atomic E-state index is 0.487. The number of imidazole rings is 1. The summed E-state index contributed by atoms with van der Waals surface area (Å²) in [6, 6.07) is 9.68. The zero-order valence-electron chi connectivity index (χ0n) is 13.2. The van der Waals surface area contributed by atoms with Crippen LogP contribution in [0, 0.1) is 13.8 Å². The van der Waals surface area contributed by atoms with Crippen molar-refractivity contribution >= 4 is 28.5 Å². The van der Waals surface area contributed by atoms with Crippen LogP contribution in [0.3, 0.4) is 0 Å². The van der Waals surface area contributed by atoms with Crippen LogP contribution in [0.1, 0.15) is 11.1 Å². The Bertz CT molecular complexity index is 879. The molecule has 23 heavy (non-hydrogen) atoms. The minimum atomic E-state index is -0.544. The van der Waals surface area contributed by atoms with E-state index in [-0.39, 0.29) is 0 Å². The number of nitrogens with two attached hydrogens (primary N) is 1. The molecule has 0 atom stereocenters. The highest BCUT2D eigenvalue weighted by molar-refractivity contribution is 5.96. The first kappa shape index (κ1) is 14.9. The van der Waals surface area contributed by atoms with Crippen LogP contribution in [0.25, 0.3) is 22.4 Å². The summed E-state index contributed by atoms with van der Waals surface area (Å²) in [6.07, 6.45) is -0.544. The average molecular weight is 310 g/mol. The third-order valence-corrected chi connectivity index (χ3v) is 3.54. The Kier molecular flexibility index (Phi) is 3.65. The third-order valence-electron chi connectivity index (χ3n) is 3.54. The number of nitrogens with zero attached hydrogens (tertiary/aromatic N) is 1. The highest BCUT2D eigenvalue weighted by atomic mass is 16.5. The minimum Gasteiger partial charge on any atom is -0.453 e. The first-order chi connectivity index (χ1) is 11.0. The smallest absolute Gasteiger partial charge is 0.411 e. The lowest BCUT2D eigenvalue weighted by Crippen LogP contribution is -2.11. The van der Waals surface area contributed by atoms with Crippen molar-refractivity contribution < 1.29 is 9.53 Å². The number of carbonyl (C=O) groups is 1. The van der Waals surface area contributed by atoms with Crippen LogP contribution in [-0.2, 0) is 4.74 Å². The highest BCUT2D eigenvalue weighted by Crippen LogP contribution is 2.28. The van der Waals surface area contributed by atoms with Crippen LogP contribution >= 0.6 is 0 Å². The Morgan fingerprint density at radius 1 is 1.17 bits per heavy atom. The molecule has 1 heterocycles. The molecule has 2 aromatic carbocycles. The molecule has 4 N–H and O–H groups in total. The molecule has 0 fully saturated rings. The molecule has 118 valence electrons. The van der Waals surface area contributed by atoms with E-state index in [2.05, 4.69) is 38.2 Å². The number of nitrogen functional groups attached to an aromatic ring is 1. The van der Waals surface area contributed by atoms with Gasteiger partial charge < -0.3 is 15.5 Å². The predicted molar refractivity (Wildman–Crippen MR) is 91.4 cm³/mol. The fraction of sp³-hybridized carbons (Fsp3) is 0.176. The number of benzene rings is 2. The number of carbonyl (C=O) groups excluding carboxylic acids is 1. The molecule has 1 amide bonds. The normalized spacial score (nSPS) is 10.7. The quantitative estimate of drug-likeness (QED) is 0.630. The summed E-state index contributed by atoms with van der Waals surface area (Å²) in [4.78, 5) is 19.2. The van der Waals surface area contributed by atoms with Gasteiger partial charge in [0.25, 0.3) is 0 Å². The van der Waals surface area contributed by atoms with Crippen molar-refractivity contribution in [2.24, 2.45) is 0 Å². The van der Waals surface area contributed by atoms with Gasteiger partial charge in [-0.2, -0.15) is 0 Å². The van der Waals surface area contributed by atoms with Gasteiger partial charge in [-0.25, -0.2) is 9.78 Å². The number of aromatic nitrogens is 2. The average Bonchev–Trinajstić information content (AvgIpc) is 2.90. The Balaban J connectivity index is 2.07. The predicted octanol–water partition coefficient (Wildman–Crippen LogP) is 3.61. The molecule has 0 saturated carbocycles. The van der Waals surface area contributed by atoms with Crippen LogP contribution in [0.15, 0.2) is 30.3 Å². The Labute approximate surface area is 133 Å². The number of H-pyrrole nitrogens is 1. The number of ether oxygens (including phenoxy) is 1. The van der Waals surface area contributed by atoms with Crippen molar-refractivity contribution in [3.05, 3.63) is 41.5 Å². The van der Waals surface area contributed by atoms with E-state index in [1.165, 1.54) is 18.2 Å². The van der Waals surface area contributed by atoms with Gasteiger partial charge in [-0.3, -0.25) is 5.32 Å². The number of hydrogen-bond acceptors (Lipinski definition) is 4. The molecule has 1 aromatic heterocycles. The molecule has 6 nitrogen and oxygen atoms in total. The fourth-order valence-corrected chi connectivity index (χ4v) is 2.63. The molecule has 0 radical (unpaired) electrons. The van der Waals surface area contributed by atoms with E-state index in [9.17, 15) is 4.79 Å². The van der Waals surface area contributed by atoms with Crippen molar-refractivity contribution in [2.75, 3.05) is 18.2 Å². The van der Waals surface area contributed by atoms with Gasteiger partial charge >= 0.3 is 6.09 Å². The van der Waals surface area contributed by atoms with Gasteiger partial charge in [0, 0.05) is 11.3 Å². The molecule has 0 spiro atoms. The van der Waals surface area contributed by atoms with E-state index < -0.39 is 6.09 Å². The van der Waals surface area contributed by atoms with Crippen LogP contribution in [0.5, 0.6) is 0 Å². The van der Waals surface area contributed by atoms with E-state index in [0.29, 0.717) is 16.9 Å². The van der Waals surface area contributed by atoms with Gasteiger partial charge in [-0.1, -0.05) is 17.2 Å². The number of anilines is 2.